The molecule has 0 aromatic carbocycles. The van der Waals surface area contributed by atoms with Gasteiger partial charge in [-0.2, -0.15) is 4.39 Å². The van der Waals surface area contributed by atoms with Crippen molar-refractivity contribution in [2.45, 2.75) is 18.9 Å². The van der Waals surface area contributed by atoms with Crippen molar-refractivity contribution in [2.75, 3.05) is 25.5 Å². The predicted octanol–water partition coefficient (Wildman–Crippen LogP) is 1.73. The standard InChI is InChI=1S/C11H16FN3/c1-15-6-4-9(5-7-15)14-10-2-3-11(12)13-8-10/h2-3,8-9,14H,4-7H2,1H3. The maximum Gasteiger partial charge on any atom is 0.212 e. The number of rotatable bonds is 2. The van der Waals surface area contributed by atoms with E-state index in [1.807, 2.05) is 0 Å². The SMILES string of the molecule is CN1CCC(Nc2ccc(F)nc2)CC1. The van der Waals surface area contributed by atoms with Crippen molar-refractivity contribution in [2.24, 2.45) is 0 Å². The third-order valence-corrected chi connectivity index (χ3v) is 2.82. The van der Waals surface area contributed by atoms with E-state index in [0.29, 0.717) is 6.04 Å². The topological polar surface area (TPSA) is 28.2 Å². The minimum absolute atomic E-state index is 0.427. The van der Waals surface area contributed by atoms with Crippen LogP contribution >= 0.6 is 0 Å². The Bertz CT molecular complexity index is 304. The van der Waals surface area contributed by atoms with Gasteiger partial charge < -0.3 is 10.2 Å². The Morgan fingerprint density at radius 1 is 1.40 bits per heavy atom. The monoisotopic (exact) mass is 209 g/mol. The maximum atomic E-state index is 12.6. The van der Waals surface area contributed by atoms with Crippen LogP contribution in [0.1, 0.15) is 12.8 Å². The summed E-state index contributed by atoms with van der Waals surface area (Å²) in [5.41, 5.74) is 0.908. The van der Waals surface area contributed by atoms with E-state index in [1.54, 1.807) is 12.3 Å². The molecule has 1 saturated heterocycles. The van der Waals surface area contributed by atoms with E-state index >= 15 is 0 Å². The Balaban J connectivity index is 1.89. The number of nitrogens with zero attached hydrogens (tertiary/aromatic N) is 2. The van der Waals surface area contributed by atoms with E-state index in [4.69, 9.17) is 0 Å². The van der Waals surface area contributed by atoms with Crippen LogP contribution < -0.4 is 5.32 Å². The van der Waals surface area contributed by atoms with Gasteiger partial charge >= 0.3 is 0 Å². The fraction of sp³-hybridized carbons (Fsp3) is 0.545. The number of hydrogen-bond donors (Lipinski definition) is 1. The van der Waals surface area contributed by atoms with Gasteiger partial charge in [-0.3, -0.25) is 0 Å². The largest absolute Gasteiger partial charge is 0.381 e. The molecule has 1 aromatic heterocycles. The molecule has 0 radical (unpaired) electrons. The third kappa shape index (κ3) is 2.89. The zero-order chi connectivity index (χ0) is 10.7. The molecule has 0 amide bonds. The molecule has 1 aromatic rings. The molecular weight excluding hydrogens is 193 g/mol. The molecule has 0 bridgehead atoms. The fourth-order valence-electron chi connectivity index (χ4n) is 1.85. The minimum atomic E-state index is -0.427. The van der Waals surface area contributed by atoms with Gasteiger partial charge in [-0.15, -0.1) is 0 Å². The Morgan fingerprint density at radius 3 is 2.73 bits per heavy atom. The average molecular weight is 209 g/mol. The summed E-state index contributed by atoms with van der Waals surface area (Å²) in [6.45, 7) is 2.23. The van der Waals surface area contributed by atoms with Crippen molar-refractivity contribution in [1.29, 1.82) is 0 Å². The van der Waals surface area contributed by atoms with Crippen molar-refractivity contribution >= 4 is 5.69 Å². The van der Waals surface area contributed by atoms with Gasteiger partial charge in [0.2, 0.25) is 5.95 Å². The maximum absolute atomic E-state index is 12.6. The van der Waals surface area contributed by atoms with Gasteiger partial charge in [-0.1, -0.05) is 0 Å². The number of nitrogens with one attached hydrogen (secondary N) is 1. The molecule has 2 rings (SSSR count). The van der Waals surface area contributed by atoms with E-state index in [2.05, 4.69) is 22.2 Å². The van der Waals surface area contributed by atoms with Gasteiger partial charge in [0.25, 0.3) is 0 Å². The lowest BCUT2D eigenvalue weighted by Crippen LogP contribution is -2.36. The predicted molar refractivity (Wildman–Crippen MR) is 58.3 cm³/mol. The first-order valence-corrected chi connectivity index (χ1v) is 5.30. The van der Waals surface area contributed by atoms with Crippen LogP contribution in [-0.2, 0) is 0 Å². The van der Waals surface area contributed by atoms with Crippen LogP contribution in [0, 0.1) is 5.95 Å². The number of hydrogen-bond acceptors (Lipinski definition) is 3. The highest BCUT2D eigenvalue weighted by atomic mass is 19.1. The number of anilines is 1. The van der Waals surface area contributed by atoms with Crippen molar-refractivity contribution < 1.29 is 4.39 Å². The van der Waals surface area contributed by atoms with Crippen LogP contribution in [0.4, 0.5) is 10.1 Å². The molecule has 1 N–H and O–H groups in total. The summed E-state index contributed by atoms with van der Waals surface area (Å²) in [4.78, 5) is 5.94. The molecule has 1 aliphatic rings. The highest BCUT2D eigenvalue weighted by Crippen LogP contribution is 2.14. The van der Waals surface area contributed by atoms with E-state index < -0.39 is 5.95 Å². The molecular formula is C11H16FN3. The summed E-state index contributed by atoms with van der Waals surface area (Å²) in [5, 5.41) is 3.37. The average Bonchev–Trinajstić information content (AvgIpc) is 2.25. The van der Waals surface area contributed by atoms with E-state index in [0.717, 1.165) is 31.6 Å². The van der Waals surface area contributed by atoms with Crippen LogP contribution in [0.15, 0.2) is 18.3 Å². The van der Waals surface area contributed by atoms with Gasteiger partial charge in [0.15, 0.2) is 0 Å². The number of pyridine rings is 1. The number of piperidine rings is 1. The molecule has 2 heterocycles. The summed E-state index contributed by atoms with van der Waals surface area (Å²) in [6.07, 6.45) is 3.81. The van der Waals surface area contributed by atoms with Crippen LogP contribution in [0.25, 0.3) is 0 Å². The lowest BCUT2D eigenvalue weighted by atomic mass is 10.1. The summed E-state index contributed by atoms with van der Waals surface area (Å²) < 4.78 is 12.6. The molecule has 1 fully saturated rings. The minimum Gasteiger partial charge on any atom is -0.381 e. The Labute approximate surface area is 89.3 Å². The van der Waals surface area contributed by atoms with Gasteiger partial charge in [0.05, 0.1) is 11.9 Å². The van der Waals surface area contributed by atoms with Crippen molar-refractivity contribution in [3.63, 3.8) is 0 Å². The number of likely N-dealkylation sites (tertiary alicyclic amines) is 1. The highest BCUT2D eigenvalue weighted by molar-refractivity contribution is 5.41. The Kier molecular flexibility index (Phi) is 3.16. The first-order chi connectivity index (χ1) is 7.24. The summed E-state index contributed by atoms with van der Waals surface area (Å²) in [6, 6.07) is 3.62. The fourth-order valence-corrected chi connectivity index (χ4v) is 1.85. The van der Waals surface area contributed by atoms with E-state index in [9.17, 15) is 4.39 Å². The van der Waals surface area contributed by atoms with Crippen molar-refractivity contribution in [1.82, 2.24) is 9.88 Å². The Hall–Kier alpha value is -1.16. The molecule has 3 nitrogen and oxygen atoms in total. The first-order valence-electron chi connectivity index (χ1n) is 5.30. The smallest absolute Gasteiger partial charge is 0.212 e. The molecule has 82 valence electrons. The Morgan fingerprint density at radius 2 is 2.13 bits per heavy atom. The van der Waals surface area contributed by atoms with E-state index in [-0.39, 0.29) is 0 Å². The van der Waals surface area contributed by atoms with Gasteiger partial charge in [0, 0.05) is 6.04 Å². The normalized spacial score (nSPS) is 19.1. The lowest BCUT2D eigenvalue weighted by Gasteiger charge is -2.30. The zero-order valence-corrected chi connectivity index (χ0v) is 8.91. The second-order valence-corrected chi connectivity index (χ2v) is 4.09. The van der Waals surface area contributed by atoms with Crippen LogP contribution in [0.3, 0.4) is 0 Å². The lowest BCUT2D eigenvalue weighted by molar-refractivity contribution is 0.264. The first kappa shape index (κ1) is 10.4. The van der Waals surface area contributed by atoms with Gasteiger partial charge in [0.1, 0.15) is 0 Å². The molecule has 15 heavy (non-hydrogen) atoms. The third-order valence-electron chi connectivity index (χ3n) is 2.82. The van der Waals surface area contributed by atoms with Crippen molar-refractivity contribution in [3.8, 4) is 0 Å². The van der Waals surface area contributed by atoms with E-state index in [1.165, 1.54) is 6.07 Å². The number of halogens is 1. The summed E-state index contributed by atoms with van der Waals surface area (Å²) in [7, 11) is 2.13. The second-order valence-electron chi connectivity index (χ2n) is 4.09. The summed E-state index contributed by atoms with van der Waals surface area (Å²) >= 11 is 0. The van der Waals surface area contributed by atoms with Crippen LogP contribution in [-0.4, -0.2) is 36.1 Å². The molecule has 0 saturated carbocycles. The molecule has 1 aliphatic heterocycles. The quantitative estimate of drug-likeness (QED) is 0.752. The zero-order valence-electron chi connectivity index (χ0n) is 8.91. The second kappa shape index (κ2) is 4.57. The van der Waals surface area contributed by atoms with Gasteiger partial charge in [-0.05, 0) is 45.1 Å². The molecule has 0 spiro atoms. The molecule has 4 heteroatoms. The number of aromatic nitrogens is 1. The van der Waals surface area contributed by atoms with Crippen LogP contribution in [0.2, 0.25) is 0 Å². The highest BCUT2D eigenvalue weighted by Gasteiger charge is 2.15. The summed E-state index contributed by atoms with van der Waals surface area (Å²) in [5.74, 6) is -0.427. The van der Waals surface area contributed by atoms with Gasteiger partial charge in [-0.25, -0.2) is 4.98 Å². The van der Waals surface area contributed by atoms with Crippen molar-refractivity contribution in [3.05, 3.63) is 24.3 Å². The molecule has 0 aliphatic carbocycles. The van der Waals surface area contributed by atoms with Crippen LogP contribution in [0.5, 0.6) is 0 Å². The molecule has 0 atom stereocenters. The molecule has 0 unspecified atom stereocenters.